The first-order chi connectivity index (χ1) is 8.63. The zero-order valence-corrected chi connectivity index (χ0v) is 11.8. The Hall–Kier alpha value is -1.26. The van der Waals surface area contributed by atoms with Crippen molar-refractivity contribution in [2.24, 2.45) is 0 Å². The maximum atomic E-state index is 13.9. The predicted molar refractivity (Wildman–Crippen MR) is 74.0 cm³/mol. The number of hydrogen-bond acceptors (Lipinski definition) is 2. The van der Waals surface area contributed by atoms with E-state index in [-0.39, 0.29) is 11.9 Å². The second-order valence-electron chi connectivity index (χ2n) is 4.12. The topological polar surface area (TPSA) is 24.9 Å². The summed E-state index contributed by atoms with van der Waals surface area (Å²) in [6, 6.07) is 8.58. The van der Waals surface area contributed by atoms with Crippen LogP contribution in [0.3, 0.4) is 0 Å². The summed E-state index contributed by atoms with van der Waals surface area (Å²) >= 11 is 3.45. The third-order valence-electron chi connectivity index (χ3n) is 2.81. The second-order valence-corrected chi connectivity index (χ2v) is 4.97. The number of aromatic nitrogens is 1. The molecule has 94 valence electrons. The molecular formula is C14H14BrFN2. The Labute approximate surface area is 114 Å². The molecule has 0 aliphatic carbocycles. The standard InChI is InChI=1S/C14H14BrFN2/c1-9-5-6-12(16)10(8-9)13(17-2)14-11(15)4-3-7-18-14/h3-8,13,17H,1-2H3. The minimum atomic E-state index is -0.263. The highest BCUT2D eigenvalue weighted by molar-refractivity contribution is 9.10. The van der Waals surface area contributed by atoms with Gasteiger partial charge < -0.3 is 5.32 Å². The summed E-state index contributed by atoms with van der Waals surface area (Å²) < 4.78 is 14.8. The molecule has 4 heteroatoms. The Morgan fingerprint density at radius 2 is 2.11 bits per heavy atom. The number of halogens is 2. The van der Waals surface area contributed by atoms with Gasteiger partial charge >= 0.3 is 0 Å². The zero-order chi connectivity index (χ0) is 13.1. The van der Waals surface area contributed by atoms with Gasteiger partial charge in [-0.05, 0) is 48.1 Å². The van der Waals surface area contributed by atoms with Gasteiger partial charge in [0.05, 0.1) is 11.7 Å². The zero-order valence-electron chi connectivity index (χ0n) is 10.2. The van der Waals surface area contributed by atoms with E-state index in [0.717, 1.165) is 15.7 Å². The largest absolute Gasteiger partial charge is 0.308 e. The Kier molecular flexibility index (Phi) is 4.09. The highest BCUT2D eigenvalue weighted by atomic mass is 79.9. The van der Waals surface area contributed by atoms with Crippen molar-refractivity contribution < 1.29 is 4.39 Å². The van der Waals surface area contributed by atoms with Crippen LogP contribution in [0.4, 0.5) is 4.39 Å². The van der Waals surface area contributed by atoms with Crippen molar-refractivity contribution in [1.82, 2.24) is 10.3 Å². The summed E-state index contributed by atoms with van der Waals surface area (Å²) in [6.45, 7) is 1.95. The maximum absolute atomic E-state index is 13.9. The Balaban J connectivity index is 2.52. The van der Waals surface area contributed by atoms with Crippen molar-refractivity contribution in [3.8, 4) is 0 Å². The lowest BCUT2D eigenvalue weighted by Crippen LogP contribution is -2.20. The molecule has 1 unspecified atom stereocenters. The van der Waals surface area contributed by atoms with Crippen LogP contribution in [0, 0.1) is 12.7 Å². The van der Waals surface area contributed by atoms with E-state index in [1.165, 1.54) is 6.07 Å². The molecule has 18 heavy (non-hydrogen) atoms. The lowest BCUT2D eigenvalue weighted by molar-refractivity contribution is 0.569. The first-order valence-corrected chi connectivity index (χ1v) is 6.46. The second kappa shape index (κ2) is 5.59. The number of nitrogens with one attached hydrogen (secondary N) is 1. The van der Waals surface area contributed by atoms with Crippen molar-refractivity contribution >= 4 is 15.9 Å². The normalized spacial score (nSPS) is 12.4. The first-order valence-electron chi connectivity index (χ1n) is 5.67. The van der Waals surface area contributed by atoms with Gasteiger partial charge in [-0.2, -0.15) is 0 Å². The molecule has 0 aliphatic rings. The molecule has 0 aliphatic heterocycles. The van der Waals surface area contributed by atoms with Gasteiger partial charge in [0.1, 0.15) is 5.82 Å². The van der Waals surface area contributed by atoms with Gasteiger partial charge in [0.15, 0.2) is 0 Å². The number of rotatable bonds is 3. The molecular weight excluding hydrogens is 295 g/mol. The minimum absolute atomic E-state index is 0.225. The fourth-order valence-electron chi connectivity index (χ4n) is 1.93. The lowest BCUT2D eigenvalue weighted by atomic mass is 10.0. The van der Waals surface area contributed by atoms with Crippen molar-refractivity contribution in [2.75, 3.05) is 7.05 Å². The number of benzene rings is 1. The molecule has 2 nitrogen and oxygen atoms in total. The van der Waals surface area contributed by atoms with Gasteiger partial charge in [-0.3, -0.25) is 4.98 Å². The SMILES string of the molecule is CNC(c1cc(C)ccc1F)c1ncccc1Br. The van der Waals surface area contributed by atoms with Crippen molar-refractivity contribution in [1.29, 1.82) is 0 Å². The minimum Gasteiger partial charge on any atom is -0.308 e. The van der Waals surface area contributed by atoms with E-state index >= 15 is 0 Å². The van der Waals surface area contributed by atoms with Gasteiger partial charge in [0.2, 0.25) is 0 Å². The van der Waals surface area contributed by atoms with Crippen molar-refractivity contribution in [3.63, 3.8) is 0 Å². The molecule has 0 bridgehead atoms. The molecule has 2 aromatic rings. The van der Waals surface area contributed by atoms with Crippen LogP contribution < -0.4 is 5.32 Å². The van der Waals surface area contributed by atoms with Crippen molar-refractivity contribution in [2.45, 2.75) is 13.0 Å². The number of hydrogen-bond donors (Lipinski definition) is 1. The van der Waals surface area contributed by atoms with Gasteiger partial charge in [-0.15, -0.1) is 0 Å². The van der Waals surface area contributed by atoms with Crippen LogP contribution in [0.25, 0.3) is 0 Å². The summed E-state index contributed by atoms with van der Waals surface area (Å²) in [5.74, 6) is -0.225. The van der Waals surface area contributed by atoms with E-state index in [2.05, 4.69) is 26.2 Å². The van der Waals surface area contributed by atoms with Crippen LogP contribution in [0.2, 0.25) is 0 Å². The predicted octanol–water partition coefficient (Wildman–Crippen LogP) is 3.60. The molecule has 0 saturated carbocycles. The monoisotopic (exact) mass is 308 g/mol. The molecule has 1 heterocycles. The fourth-order valence-corrected chi connectivity index (χ4v) is 2.42. The van der Waals surface area contributed by atoms with E-state index in [4.69, 9.17) is 0 Å². The average molecular weight is 309 g/mol. The van der Waals surface area contributed by atoms with E-state index < -0.39 is 0 Å². The lowest BCUT2D eigenvalue weighted by Gasteiger charge is -2.18. The van der Waals surface area contributed by atoms with Gasteiger partial charge in [0.25, 0.3) is 0 Å². The van der Waals surface area contributed by atoms with Gasteiger partial charge in [-0.1, -0.05) is 17.7 Å². The number of pyridine rings is 1. The molecule has 2 rings (SSSR count). The molecule has 1 aromatic carbocycles. The van der Waals surface area contributed by atoms with E-state index in [1.54, 1.807) is 19.3 Å². The number of nitrogens with zero attached hydrogens (tertiary/aromatic N) is 1. The summed E-state index contributed by atoms with van der Waals surface area (Å²) in [5.41, 5.74) is 2.42. The maximum Gasteiger partial charge on any atom is 0.128 e. The quantitative estimate of drug-likeness (QED) is 0.937. The smallest absolute Gasteiger partial charge is 0.128 e. The molecule has 1 atom stereocenters. The van der Waals surface area contributed by atoms with Crippen LogP contribution in [0.1, 0.15) is 22.9 Å². The molecule has 0 fully saturated rings. The van der Waals surface area contributed by atoms with E-state index in [0.29, 0.717) is 5.56 Å². The average Bonchev–Trinajstić information content (AvgIpc) is 2.36. The summed E-state index contributed by atoms with van der Waals surface area (Å²) in [4.78, 5) is 4.32. The van der Waals surface area contributed by atoms with E-state index in [1.807, 2.05) is 25.1 Å². The Morgan fingerprint density at radius 1 is 1.33 bits per heavy atom. The molecule has 0 amide bonds. The number of aryl methyl sites for hydroxylation is 1. The van der Waals surface area contributed by atoms with Gasteiger partial charge in [-0.25, -0.2) is 4.39 Å². The molecule has 1 aromatic heterocycles. The van der Waals surface area contributed by atoms with Crippen molar-refractivity contribution in [3.05, 3.63) is 63.6 Å². The van der Waals surface area contributed by atoms with Crippen LogP contribution in [-0.2, 0) is 0 Å². The molecule has 0 saturated heterocycles. The van der Waals surface area contributed by atoms with Crippen LogP contribution in [-0.4, -0.2) is 12.0 Å². The van der Waals surface area contributed by atoms with Gasteiger partial charge in [0, 0.05) is 16.2 Å². The Morgan fingerprint density at radius 3 is 2.78 bits per heavy atom. The molecule has 1 N–H and O–H groups in total. The summed E-state index contributed by atoms with van der Waals surface area (Å²) in [6.07, 6.45) is 1.71. The molecule has 0 radical (unpaired) electrons. The fraction of sp³-hybridized carbons (Fsp3) is 0.214. The highest BCUT2D eigenvalue weighted by Crippen LogP contribution is 2.28. The highest BCUT2D eigenvalue weighted by Gasteiger charge is 2.19. The van der Waals surface area contributed by atoms with Crippen LogP contribution in [0.5, 0.6) is 0 Å². The van der Waals surface area contributed by atoms with Crippen LogP contribution >= 0.6 is 15.9 Å². The Bertz CT molecular complexity index is 557. The first kappa shape index (κ1) is 13.2. The summed E-state index contributed by atoms with van der Waals surface area (Å²) in [5, 5.41) is 3.11. The summed E-state index contributed by atoms with van der Waals surface area (Å²) in [7, 11) is 1.80. The molecule has 0 spiro atoms. The third kappa shape index (κ3) is 2.60. The van der Waals surface area contributed by atoms with E-state index in [9.17, 15) is 4.39 Å². The van der Waals surface area contributed by atoms with Crippen LogP contribution in [0.15, 0.2) is 41.0 Å². The third-order valence-corrected chi connectivity index (χ3v) is 3.48.